The van der Waals surface area contributed by atoms with E-state index in [1.54, 1.807) is 0 Å². The molecule has 72 heavy (non-hydrogen) atoms. The molecule has 6 saturated heterocycles. The van der Waals surface area contributed by atoms with Crippen molar-refractivity contribution in [1.29, 1.82) is 0 Å². The lowest BCUT2D eigenvalue weighted by Crippen LogP contribution is -2.93. The van der Waals surface area contributed by atoms with Crippen molar-refractivity contribution in [2.45, 2.75) is 22.7 Å². The zero-order valence-electron chi connectivity index (χ0n) is 39.3. The number of hydrogen-bond donors (Lipinski definition) is 0. The molecule has 6 heterocycles. The second-order valence-electron chi connectivity index (χ2n) is 19.6. The van der Waals surface area contributed by atoms with E-state index in [4.69, 9.17) is 32.9 Å². The Morgan fingerprint density at radius 2 is 0.403 bits per heavy atom. The molecule has 0 amide bonds. The van der Waals surface area contributed by atoms with Crippen molar-refractivity contribution in [2.24, 2.45) is 0 Å². The molecule has 16 heteroatoms. The molecular formula is C56H50O8Si8. The van der Waals surface area contributed by atoms with Crippen LogP contribution in [0.4, 0.5) is 0 Å². The highest BCUT2D eigenvalue weighted by atomic mass is 28.6. The lowest BCUT2D eigenvalue weighted by Gasteiger charge is -2.65. The van der Waals surface area contributed by atoms with Gasteiger partial charge in [0.25, 0.3) is 0 Å². The number of hydrogen-bond acceptors (Lipinski definition) is 8. The average molecular weight is 1080 g/mol. The fraction of sp³-hybridized carbons (Fsp3) is 0.0714. The van der Waals surface area contributed by atoms with Crippen molar-refractivity contribution in [3.63, 3.8) is 0 Å². The fourth-order valence-electron chi connectivity index (χ4n) is 12.2. The quantitative estimate of drug-likeness (QED) is 0.165. The molecule has 6 aliphatic rings. The summed E-state index contributed by atoms with van der Waals surface area (Å²) in [5.74, 6) is 0. The van der Waals surface area contributed by atoms with Gasteiger partial charge in [0.1, 0.15) is 0 Å². The third-order valence-corrected chi connectivity index (χ3v) is 60.9. The first kappa shape index (κ1) is 45.3. The summed E-state index contributed by atoms with van der Waals surface area (Å²) in [6.07, 6.45) is 0. The second-order valence-corrected chi connectivity index (χ2v) is 48.5. The van der Waals surface area contributed by atoms with Crippen LogP contribution in [-0.2, 0) is 32.9 Å². The van der Waals surface area contributed by atoms with E-state index in [9.17, 15) is 0 Å². The molecule has 0 aliphatic carbocycles. The summed E-state index contributed by atoms with van der Waals surface area (Å²) in [7, 11) is -32.0. The van der Waals surface area contributed by atoms with E-state index in [0.717, 1.165) is 52.3 Å². The summed E-state index contributed by atoms with van der Waals surface area (Å²) in [4.78, 5) is 0. The van der Waals surface area contributed by atoms with Crippen molar-refractivity contribution in [2.75, 3.05) is 0 Å². The van der Waals surface area contributed by atoms with Crippen LogP contribution in [0.1, 0.15) is 0 Å². The minimum atomic E-state index is -4.09. The molecule has 15 rings (SSSR count). The Morgan fingerprint density at radius 1 is 0.194 bits per heavy atom. The van der Waals surface area contributed by atoms with Gasteiger partial charge in [-0.05, 0) is 47.1 Å². The molecule has 6 aliphatic heterocycles. The van der Waals surface area contributed by atoms with Gasteiger partial charge in [-0.25, -0.2) is 0 Å². The molecule has 8 nitrogen and oxygen atoms in total. The maximum absolute atomic E-state index is 8.92. The lowest BCUT2D eigenvalue weighted by atomic mass is 10.1. The smallest absolute Gasteiger partial charge is 0.358 e. The largest absolute Gasteiger partial charge is 0.409 e. The first-order valence-electron chi connectivity index (χ1n) is 24.8. The van der Waals surface area contributed by atoms with Gasteiger partial charge in [-0.2, -0.15) is 0 Å². The van der Waals surface area contributed by atoms with Gasteiger partial charge in [-0.15, -0.1) is 0 Å². The third-order valence-electron chi connectivity index (χ3n) is 15.2. The minimum Gasteiger partial charge on any atom is -0.409 e. The monoisotopic (exact) mass is 1070 g/mol. The normalized spacial score (nSPS) is 32.5. The molecule has 0 aromatic heterocycles. The van der Waals surface area contributed by atoms with Crippen molar-refractivity contribution in [3.05, 3.63) is 255 Å². The van der Waals surface area contributed by atoms with E-state index < -0.39 is 68.5 Å². The predicted octanol–water partition coefficient (Wildman–Crippen LogP) is 6.29. The molecule has 6 fully saturated rings. The van der Waals surface area contributed by atoms with Crippen molar-refractivity contribution in [1.82, 2.24) is 0 Å². The summed E-state index contributed by atoms with van der Waals surface area (Å²) < 4.78 is 70.5. The molecule has 9 aromatic carbocycles. The maximum atomic E-state index is 8.92. The summed E-state index contributed by atoms with van der Waals surface area (Å²) in [5, 5.41) is 10.1. The molecular weight excluding hydrogens is 1030 g/mol. The molecule has 8 unspecified atom stereocenters. The van der Waals surface area contributed by atoms with Gasteiger partial charge in [0.2, 0.25) is 0 Å². The van der Waals surface area contributed by atoms with Crippen molar-refractivity contribution < 1.29 is 32.9 Å². The van der Waals surface area contributed by atoms with Crippen LogP contribution in [0, 0.1) is 0 Å². The van der Waals surface area contributed by atoms with Crippen LogP contribution in [0.2, 0.25) is 22.7 Å². The van der Waals surface area contributed by atoms with Gasteiger partial charge < -0.3 is 32.9 Å². The highest BCUT2D eigenvalue weighted by Crippen LogP contribution is 2.53. The molecule has 0 spiro atoms. The van der Waals surface area contributed by atoms with Crippen LogP contribution in [0.25, 0.3) is 10.8 Å². The lowest BCUT2D eigenvalue weighted by molar-refractivity contribution is 0.195. The molecule has 9 aromatic rings. The molecule has 354 valence electrons. The topological polar surface area (TPSA) is 73.8 Å². The molecule has 8 atom stereocenters. The Morgan fingerprint density at radius 3 is 0.681 bits per heavy atom. The van der Waals surface area contributed by atoms with Crippen LogP contribution in [0.15, 0.2) is 255 Å². The van der Waals surface area contributed by atoms with Gasteiger partial charge in [0.05, 0.1) is 0 Å². The third kappa shape index (κ3) is 7.13. The van der Waals surface area contributed by atoms with E-state index in [-0.39, 0.29) is 0 Å². The zero-order valence-corrected chi connectivity index (χ0v) is 47.3. The summed E-state index contributed by atoms with van der Waals surface area (Å²) >= 11 is 0. The predicted molar refractivity (Wildman–Crippen MR) is 300 cm³/mol. The highest BCUT2D eigenvalue weighted by Gasteiger charge is 2.81. The molecule has 0 radical (unpaired) electrons. The van der Waals surface area contributed by atoms with Crippen LogP contribution in [0.3, 0.4) is 0 Å². The van der Waals surface area contributed by atoms with Gasteiger partial charge in [0.15, 0.2) is 0 Å². The Balaban J connectivity index is 1.22. The average Bonchev–Trinajstić information content (AvgIpc) is 3.43. The summed E-state index contributed by atoms with van der Waals surface area (Å²) in [6.45, 7) is 0. The van der Waals surface area contributed by atoms with E-state index in [0.29, 0.717) is 22.7 Å². The van der Waals surface area contributed by atoms with Gasteiger partial charge in [-0.3, -0.25) is 0 Å². The van der Waals surface area contributed by atoms with E-state index in [1.165, 1.54) is 0 Å². The molecule has 8 bridgehead atoms. The Kier molecular flexibility index (Phi) is 10.8. The van der Waals surface area contributed by atoms with Crippen LogP contribution in [-0.4, -0.2) is 68.5 Å². The second kappa shape index (κ2) is 17.1. The van der Waals surface area contributed by atoms with E-state index in [2.05, 4.69) is 255 Å². The Bertz CT molecular complexity index is 3140. The Labute approximate surface area is 428 Å². The van der Waals surface area contributed by atoms with E-state index >= 15 is 0 Å². The van der Waals surface area contributed by atoms with Crippen LogP contribution in [0.5, 0.6) is 0 Å². The van der Waals surface area contributed by atoms with Gasteiger partial charge >= 0.3 is 68.5 Å². The minimum absolute atomic E-state index is 0.362. The summed E-state index contributed by atoms with van der Waals surface area (Å²) in [5.41, 5.74) is 1.48. The molecule has 0 N–H and O–H groups in total. The number of fused-ring (bicyclic) bond motifs is 1. The SMILES string of the molecule is c1ccc([Si]23C[Si]4(c5ccccc5)O[Si]5(c6ccccc6)C[Si]6(c7ccccc7)O[Si](c7ccccc7)(C[Si](c7ccccc7)(O2)O5)O[Si](c2ccccc2)(C[Si](c2cccc5ccccc25)(O4)O6)O3)cc1. The van der Waals surface area contributed by atoms with Crippen molar-refractivity contribution in [3.8, 4) is 0 Å². The van der Waals surface area contributed by atoms with Gasteiger partial charge in [-0.1, -0.05) is 255 Å². The van der Waals surface area contributed by atoms with E-state index in [1.807, 2.05) is 0 Å². The Hall–Kier alpha value is -5.34. The van der Waals surface area contributed by atoms with Crippen LogP contribution < -0.4 is 41.5 Å². The number of rotatable bonds is 8. The van der Waals surface area contributed by atoms with Gasteiger partial charge in [0, 0.05) is 27.9 Å². The zero-order chi connectivity index (χ0) is 48.0. The first-order valence-corrected chi connectivity index (χ1v) is 41.0. The first-order chi connectivity index (χ1) is 35.3. The van der Waals surface area contributed by atoms with Crippen molar-refractivity contribution >= 4 is 121 Å². The standard InChI is InChI=1S/C56H50O8Si8/c1-8-27-48(28-9-1)65-43-66(49-29-10-2-11-30-49)59-69(52-35-16-5-17-36-52)44-67(57-65,50-31-12-3-13-32-50)60-70(53-37-18-6-19-38-53)45-68(58-65,51-33-14-4-15-34-51)62-71(61-66,54-39-20-7-21-40-54)46-72(63-69,64-70)56-42-24-26-47-25-22-23-41-55(47)56/h1-42H,43-46H2. The van der Waals surface area contributed by atoms with Crippen LogP contribution >= 0.6 is 0 Å². The number of benzene rings is 9. The maximum Gasteiger partial charge on any atom is 0.358 e. The highest BCUT2D eigenvalue weighted by molar-refractivity contribution is 7.23. The summed E-state index contributed by atoms with van der Waals surface area (Å²) in [6, 6.07) is 90.2. The fourth-order valence-corrected chi connectivity index (χ4v) is 78.3. The molecule has 0 saturated carbocycles.